The third-order valence-corrected chi connectivity index (χ3v) is 15.7. The zero-order valence-electron chi connectivity index (χ0n) is 16.5. The van der Waals surface area contributed by atoms with Gasteiger partial charge in [-0.05, 0) is 18.1 Å². The molecular weight excluding hydrogens is 411 g/mol. The highest BCUT2D eigenvalue weighted by Crippen LogP contribution is 2.33. The van der Waals surface area contributed by atoms with Crippen LogP contribution in [0.3, 0.4) is 0 Å². The molecule has 140 valence electrons. The lowest BCUT2D eigenvalue weighted by atomic mass is 10.5. The predicted molar refractivity (Wildman–Crippen MR) is 124 cm³/mol. The maximum atomic E-state index is 6.52. The summed E-state index contributed by atoms with van der Waals surface area (Å²) in [5.41, 5.74) is 0. The Morgan fingerprint density at radius 2 is 0.652 bits per heavy atom. The van der Waals surface area contributed by atoms with Crippen LogP contribution in [-0.2, 0) is 0 Å². The molecular formula is C16H39Cl3Si4. The van der Waals surface area contributed by atoms with Crippen molar-refractivity contribution in [1.82, 2.24) is 0 Å². The van der Waals surface area contributed by atoms with Crippen molar-refractivity contribution >= 4 is 63.5 Å². The van der Waals surface area contributed by atoms with Crippen LogP contribution in [0.2, 0.25) is 82.1 Å². The average Bonchev–Trinajstić information content (AvgIpc) is 2.22. The third-order valence-electron chi connectivity index (χ3n) is 4.65. The molecule has 0 amide bonds. The van der Waals surface area contributed by atoms with Crippen molar-refractivity contribution in [3.8, 4) is 0 Å². The second kappa shape index (κ2) is 10.2. The van der Waals surface area contributed by atoms with Crippen LogP contribution in [0.4, 0.5) is 0 Å². The first kappa shape index (κ1) is 24.7. The lowest BCUT2D eigenvalue weighted by Gasteiger charge is -2.30. The van der Waals surface area contributed by atoms with Crippen molar-refractivity contribution in [1.29, 1.82) is 0 Å². The van der Waals surface area contributed by atoms with Crippen molar-refractivity contribution in [3.05, 3.63) is 0 Å². The van der Waals surface area contributed by atoms with Crippen LogP contribution < -0.4 is 0 Å². The maximum absolute atomic E-state index is 6.52. The van der Waals surface area contributed by atoms with Crippen molar-refractivity contribution in [3.63, 3.8) is 0 Å². The van der Waals surface area contributed by atoms with Gasteiger partial charge in [-0.15, -0.1) is 0 Å². The molecule has 0 N–H and O–H groups in total. The summed E-state index contributed by atoms with van der Waals surface area (Å²) in [4.78, 5) is 0. The van der Waals surface area contributed by atoms with Gasteiger partial charge in [0.1, 0.15) is 22.2 Å². The summed E-state index contributed by atoms with van der Waals surface area (Å²) in [5, 5.41) is 0. The lowest BCUT2D eigenvalue weighted by molar-refractivity contribution is 0.912. The average molecular weight is 450 g/mol. The van der Waals surface area contributed by atoms with Gasteiger partial charge in [0.05, 0.1) is 8.07 Å². The third kappa shape index (κ3) is 16.9. The number of rotatable bonds is 12. The van der Waals surface area contributed by atoms with Gasteiger partial charge >= 0.3 is 0 Å². The van der Waals surface area contributed by atoms with E-state index in [2.05, 4.69) is 45.8 Å². The van der Waals surface area contributed by atoms with Crippen molar-refractivity contribution in [2.24, 2.45) is 0 Å². The minimum Gasteiger partial charge on any atom is -0.168 e. The Balaban J connectivity index is 4.50. The number of hydrogen-bond acceptors (Lipinski definition) is 0. The van der Waals surface area contributed by atoms with Gasteiger partial charge in [0, 0.05) is 0 Å². The summed E-state index contributed by atoms with van der Waals surface area (Å²) >= 11 is 19.6. The van der Waals surface area contributed by atoms with E-state index >= 15 is 0 Å². The smallest absolute Gasteiger partial charge is 0.150 e. The molecule has 0 radical (unpaired) electrons. The summed E-state index contributed by atoms with van der Waals surface area (Å²) in [6, 6.07) is 8.15. The highest BCUT2D eigenvalue weighted by atomic mass is 35.6. The fourth-order valence-electron chi connectivity index (χ4n) is 3.18. The van der Waals surface area contributed by atoms with Crippen molar-refractivity contribution in [2.45, 2.75) is 101 Å². The predicted octanol–water partition coefficient (Wildman–Crippen LogP) is 8.57. The summed E-state index contributed by atoms with van der Waals surface area (Å²) < 4.78 is 0. The van der Waals surface area contributed by atoms with Crippen LogP contribution in [0.1, 0.15) is 19.3 Å². The molecule has 0 fully saturated rings. The summed E-state index contributed by atoms with van der Waals surface area (Å²) in [6.07, 6.45) is 4.03. The Hall–Kier alpha value is 1.74. The van der Waals surface area contributed by atoms with E-state index in [0.29, 0.717) is 0 Å². The fourth-order valence-corrected chi connectivity index (χ4v) is 12.3. The first-order chi connectivity index (χ1) is 10.1. The molecule has 0 saturated carbocycles. The minimum absolute atomic E-state index is 1.16. The van der Waals surface area contributed by atoms with Crippen molar-refractivity contribution in [2.75, 3.05) is 0 Å². The van der Waals surface area contributed by atoms with E-state index in [0.717, 1.165) is 0 Å². The number of hydrogen-bond donors (Lipinski definition) is 0. The van der Waals surface area contributed by atoms with Crippen molar-refractivity contribution < 1.29 is 0 Å². The molecule has 0 atom stereocenters. The van der Waals surface area contributed by atoms with Gasteiger partial charge in [0.2, 0.25) is 0 Å². The Kier molecular flexibility index (Phi) is 10.9. The SMILES string of the molecule is C[Si](C)(Cl)CCC[Si](C)(CCC[Si](C)(C)Cl)CCC[Si](C)(C)Cl. The molecule has 23 heavy (non-hydrogen) atoms. The fraction of sp³-hybridized carbons (Fsp3) is 1.00. The standard InChI is InChI=1S/C16H39Cl3Si4/c1-20(2,17)11-8-14-23(7,15-9-12-21(3,4)18)16-10-13-22(5,6)19/h8-16H2,1-7H3. The highest BCUT2D eigenvalue weighted by Gasteiger charge is 2.29. The first-order valence-electron chi connectivity index (χ1n) is 9.19. The Bertz CT molecular complexity index is 279. The van der Waals surface area contributed by atoms with E-state index in [-0.39, 0.29) is 0 Å². The zero-order valence-corrected chi connectivity index (χ0v) is 22.8. The van der Waals surface area contributed by atoms with Gasteiger partial charge in [-0.2, -0.15) is 33.2 Å². The highest BCUT2D eigenvalue weighted by molar-refractivity contribution is 7.19. The van der Waals surface area contributed by atoms with E-state index < -0.39 is 30.2 Å². The van der Waals surface area contributed by atoms with E-state index in [9.17, 15) is 0 Å². The zero-order chi connectivity index (χ0) is 18.4. The molecule has 0 aromatic carbocycles. The normalized spacial score (nSPS) is 14.3. The molecule has 0 aromatic heterocycles. The Morgan fingerprint density at radius 3 is 0.826 bits per heavy atom. The van der Waals surface area contributed by atoms with E-state index in [1.54, 1.807) is 0 Å². The summed E-state index contributed by atoms with van der Waals surface area (Å²) in [7, 11) is -5.40. The largest absolute Gasteiger partial charge is 0.168 e. The van der Waals surface area contributed by atoms with E-state index in [1.807, 2.05) is 0 Å². The van der Waals surface area contributed by atoms with Gasteiger partial charge in [-0.3, -0.25) is 0 Å². The van der Waals surface area contributed by atoms with Crippen LogP contribution in [0.5, 0.6) is 0 Å². The molecule has 0 rings (SSSR count). The van der Waals surface area contributed by atoms with Crippen LogP contribution in [-0.4, -0.2) is 30.2 Å². The second-order valence-electron chi connectivity index (χ2n) is 9.53. The molecule has 0 unspecified atom stereocenters. The van der Waals surface area contributed by atoms with Gasteiger partial charge in [0.15, 0.2) is 0 Å². The molecule has 0 aliphatic heterocycles. The van der Waals surface area contributed by atoms with Gasteiger partial charge in [-0.1, -0.05) is 83.2 Å². The lowest BCUT2D eigenvalue weighted by Crippen LogP contribution is -2.32. The summed E-state index contributed by atoms with van der Waals surface area (Å²) in [6.45, 7) is 16.3. The topological polar surface area (TPSA) is 0 Å². The Morgan fingerprint density at radius 1 is 0.435 bits per heavy atom. The molecule has 7 heteroatoms. The Labute approximate surface area is 164 Å². The molecule has 0 bridgehead atoms. The van der Waals surface area contributed by atoms with E-state index in [4.69, 9.17) is 33.2 Å². The minimum atomic E-state index is -1.41. The van der Waals surface area contributed by atoms with E-state index in [1.165, 1.54) is 55.5 Å². The quantitative estimate of drug-likeness (QED) is 0.206. The van der Waals surface area contributed by atoms with Gasteiger partial charge in [-0.25, -0.2) is 0 Å². The molecule has 0 aliphatic carbocycles. The van der Waals surface area contributed by atoms with Crippen LogP contribution >= 0.6 is 33.2 Å². The summed E-state index contributed by atoms with van der Waals surface area (Å²) in [5.74, 6) is 0. The maximum Gasteiger partial charge on any atom is 0.150 e. The van der Waals surface area contributed by atoms with Crippen LogP contribution in [0.15, 0.2) is 0 Å². The molecule has 0 aliphatic rings. The molecule has 0 heterocycles. The first-order valence-corrected chi connectivity index (χ1v) is 25.0. The van der Waals surface area contributed by atoms with Crippen LogP contribution in [0, 0.1) is 0 Å². The molecule has 0 nitrogen and oxygen atoms in total. The second-order valence-corrected chi connectivity index (χ2v) is 35.7. The monoisotopic (exact) mass is 448 g/mol. The molecule has 0 spiro atoms. The van der Waals surface area contributed by atoms with Crippen LogP contribution in [0.25, 0.3) is 0 Å². The number of halogens is 3. The van der Waals surface area contributed by atoms with Gasteiger partial charge < -0.3 is 0 Å². The van der Waals surface area contributed by atoms with Gasteiger partial charge in [0.25, 0.3) is 0 Å². The molecule has 0 aromatic rings. The molecule has 0 saturated heterocycles.